The summed E-state index contributed by atoms with van der Waals surface area (Å²) in [5.74, 6) is -2.21. The van der Waals surface area contributed by atoms with Gasteiger partial charge in [-0.3, -0.25) is 9.20 Å². The Morgan fingerprint density at radius 2 is 2.00 bits per heavy atom. The molecule has 11 heteroatoms. The molecular weight excluding hydrogens is 478 g/mol. The van der Waals surface area contributed by atoms with Crippen molar-refractivity contribution in [3.05, 3.63) is 71.1 Å². The number of nitrogens with zero attached hydrogens (tertiary/aromatic N) is 3. The number of carbonyl (C=O) groups is 1. The first-order valence-electron chi connectivity index (χ1n) is 10.8. The second kappa shape index (κ2) is 10.7. The average Bonchev–Trinajstić information content (AvgIpc) is 3.28. The van der Waals surface area contributed by atoms with E-state index < -0.39 is 11.6 Å². The normalized spacial score (nSPS) is 11.0. The van der Waals surface area contributed by atoms with E-state index >= 15 is 0 Å². The lowest BCUT2D eigenvalue weighted by atomic mass is 10.1. The molecule has 4 N–H and O–H groups in total. The summed E-state index contributed by atoms with van der Waals surface area (Å²) >= 11 is 6.34. The maximum Gasteiger partial charge on any atom is 0.252 e. The smallest absolute Gasteiger partial charge is 0.252 e. The minimum atomic E-state index is -1.08. The molecule has 0 saturated carbocycles. The molecule has 0 aliphatic rings. The number of nitrogens with two attached hydrogens (primary N) is 1. The van der Waals surface area contributed by atoms with Crippen LogP contribution in [0.1, 0.15) is 23.2 Å². The molecule has 2 heterocycles. The number of amides is 1. The summed E-state index contributed by atoms with van der Waals surface area (Å²) in [6, 6.07) is 7.67. The number of hydrogen-bond acceptors (Lipinski definition) is 6. The number of ether oxygens (including phenoxy) is 1. The van der Waals surface area contributed by atoms with Gasteiger partial charge < -0.3 is 21.1 Å². The van der Waals surface area contributed by atoms with Gasteiger partial charge in [-0.05, 0) is 49.7 Å². The molecular formula is C24H23ClF2N6O2. The molecule has 4 rings (SSSR count). The standard InChI is InChI=1S/C24H23ClF2N6O2/c1-35-19-7-6-16(20(26)21(19)27)18-13-31-23-22(29-10-11-33(18)23)32-14-4-5-15(17(25)12-14)24(34)30-9-3-2-8-28/h4-7,10-13H,2-3,8-9,28H2,1H3,(H,29,32)(H,30,34). The molecule has 0 fully saturated rings. The number of unbranched alkanes of at least 4 members (excludes halogenated alkanes) is 1. The fourth-order valence-electron chi connectivity index (χ4n) is 3.57. The number of anilines is 2. The number of carbonyl (C=O) groups excluding carboxylic acids is 1. The lowest BCUT2D eigenvalue weighted by Crippen LogP contribution is -2.25. The van der Waals surface area contributed by atoms with Crippen LogP contribution in [0.15, 0.2) is 48.9 Å². The first kappa shape index (κ1) is 24.4. The minimum Gasteiger partial charge on any atom is -0.494 e. The van der Waals surface area contributed by atoms with Crippen LogP contribution < -0.4 is 21.1 Å². The highest BCUT2D eigenvalue weighted by Gasteiger charge is 2.19. The Balaban J connectivity index is 1.58. The van der Waals surface area contributed by atoms with Gasteiger partial charge >= 0.3 is 0 Å². The van der Waals surface area contributed by atoms with Crippen molar-refractivity contribution in [3.63, 3.8) is 0 Å². The summed E-state index contributed by atoms with van der Waals surface area (Å²) in [4.78, 5) is 21.0. The number of nitrogens with one attached hydrogen (secondary N) is 2. The fourth-order valence-corrected chi connectivity index (χ4v) is 3.84. The zero-order valence-electron chi connectivity index (χ0n) is 18.8. The van der Waals surface area contributed by atoms with E-state index in [4.69, 9.17) is 22.1 Å². The van der Waals surface area contributed by atoms with Crippen molar-refractivity contribution in [2.45, 2.75) is 12.8 Å². The van der Waals surface area contributed by atoms with Crippen LogP contribution in [0.5, 0.6) is 5.75 Å². The lowest BCUT2D eigenvalue weighted by molar-refractivity contribution is 0.0953. The van der Waals surface area contributed by atoms with E-state index in [0.717, 1.165) is 12.8 Å². The molecule has 2 aromatic carbocycles. The maximum absolute atomic E-state index is 14.7. The van der Waals surface area contributed by atoms with Crippen molar-refractivity contribution in [3.8, 4) is 17.0 Å². The highest BCUT2D eigenvalue weighted by Crippen LogP contribution is 2.32. The van der Waals surface area contributed by atoms with E-state index in [1.54, 1.807) is 28.8 Å². The summed E-state index contributed by atoms with van der Waals surface area (Å²) in [6.45, 7) is 1.08. The third kappa shape index (κ3) is 5.03. The maximum atomic E-state index is 14.7. The number of benzene rings is 2. The number of methoxy groups -OCH3 is 1. The van der Waals surface area contributed by atoms with Crippen LogP contribution in [0, 0.1) is 11.6 Å². The van der Waals surface area contributed by atoms with Gasteiger partial charge in [-0.25, -0.2) is 14.4 Å². The molecule has 0 bridgehead atoms. The molecule has 0 atom stereocenters. The third-order valence-electron chi connectivity index (χ3n) is 5.36. The minimum absolute atomic E-state index is 0.0258. The molecule has 1 amide bonds. The summed E-state index contributed by atoms with van der Waals surface area (Å²) in [5.41, 5.74) is 7.12. The summed E-state index contributed by atoms with van der Waals surface area (Å²) in [7, 11) is 1.27. The van der Waals surface area contributed by atoms with Crippen LogP contribution in [0.25, 0.3) is 16.9 Å². The van der Waals surface area contributed by atoms with E-state index in [-0.39, 0.29) is 22.2 Å². The number of imidazole rings is 1. The Labute approximate surface area is 205 Å². The zero-order chi connectivity index (χ0) is 24.9. The van der Waals surface area contributed by atoms with Gasteiger partial charge in [0.05, 0.1) is 29.6 Å². The van der Waals surface area contributed by atoms with Crippen LogP contribution in [0.4, 0.5) is 20.3 Å². The van der Waals surface area contributed by atoms with E-state index in [9.17, 15) is 13.6 Å². The van der Waals surface area contributed by atoms with Crippen molar-refractivity contribution in [1.29, 1.82) is 0 Å². The molecule has 0 aliphatic heterocycles. The molecule has 182 valence electrons. The van der Waals surface area contributed by atoms with Crippen LogP contribution >= 0.6 is 11.6 Å². The molecule has 0 saturated heterocycles. The van der Waals surface area contributed by atoms with Gasteiger partial charge in [-0.15, -0.1) is 0 Å². The van der Waals surface area contributed by atoms with Gasteiger partial charge in [-0.2, -0.15) is 4.39 Å². The zero-order valence-corrected chi connectivity index (χ0v) is 19.6. The van der Waals surface area contributed by atoms with Gasteiger partial charge in [0, 0.05) is 30.2 Å². The van der Waals surface area contributed by atoms with Gasteiger partial charge in [0.2, 0.25) is 5.82 Å². The number of hydrogen-bond donors (Lipinski definition) is 3. The first-order valence-corrected chi connectivity index (χ1v) is 11.2. The Morgan fingerprint density at radius 1 is 1.17 bits per heavy atom. The van der Waals surface area contributed by atoms with E-state index in [1.165, 1.54) is 31.6 Å². The number of halogens is 3. The molecule has 35 heavy (non-hydrogen) atoms. The SMILES string of the molecule is COc1ccc(-c2cnc3c(Nc4ccc(C(=O)NCCCCN)c(Cl)c4)nccn23)c(F)c1F. The third-order valence-corrected chi connectivity index (χ3v) is 5.68. The highest BCUT2D eigenvalue weighted by molar-refractivity contribution is 6.34. The van der Waals surface area contributed by atoms with E-state index in [0.29, 0.717) is 41.5 Å². The van der Waals surface area contributed by atoms with Crippen molar-refractivity contribution >= 4 is 34.7 Å². The molecule has 4 aromatic rings. The summed E-state index contributed by atoms with van der Waals surface area (Å²) in [5, 5.41) is 6.18. The van der Waals surface area contributed by atoms with Crippen LogP contribution in [-0.4, -0.2) is 40.5 Å². The molecule has 8 nitrogen and oxygen atoms in total. The molecule has 0 aliphatic carbocycles. The number of aromatic nitrogens is 3. The lowest BCUT2D eigenvalue weighted by Gasteiger charge is -2.11. The van der Waals surface area contributed by atoms with Gasteiger partial charge in [0.1, 0.15) is 0 Å². The van der Waals surface area contributed by atoms with Crippen LogP contribution in [-0.2, 0) is 0 Å². The predicted molar refractivity (Wildman–Crippen MR) is 130 cm³/mol. The van der Waals surface area contributed by atoms with E-state index in [1.807, 2.05) is 0 Å². The second-order valence-electron chi connectivity index (χ2n) is 7.63. The Hall–Kier alpha value is -3.76. The summed E-state index contributed by atoms with van der Waals surface area (Å²) < 4.78 is 35.3. The molecule has 2 aromatic heterocycles. The number of fused-ring (bicyclic) bond motifs is 1. The Bertz CT molecular complexity index is 1380. The Morgan fingerprint density at radius 3 is 2.74 bits per heavy atom. The van der Waals surface area contributed by atoms with Crippen molar-refractivity contribution in [2.24, 2.45) is 5.73 Å². The van der Waals surface area contributed by atoms with Crippen molar-refractivity contribution < 1.29 is 18.3 Å². The van der Waals surface area contributed by atoms with E-state index in [2.05, 4.69) is 20.6 Å². The quantitative estimate of drug-likeness (QED) is 0.291. The molecule has 0 spiro atoms. The predicted octanol–water partition coefficient (Wildman–Crippen LogP) is 4.55. The highest BCUT2D eigenvalue weighted by atomic mass is 35.5. The summed E-state index contributed by atoms with van der Waals surface area (Å²) in [6.07, 6.45) is 6.13. The molecule has 0 unspecified atom stereocenters. The Kier molecular flexibility index (Phi) is 7.42. The van der Waals surface area contributed by atoms with Crippen molar-refractivity contribution in [1.82, 2.24) is 19.7 Å². The number of rotatable bonds is 9. The van der Waals surface area contributed by atoms with Crippen LogP contribution in [0.2, 0.25) is 5.02 Å². The average molecular weight is 501 g/mol. The monoisotopic (exact) mass is 500 g/mol. The topological polar surface area (TPSA) is 107 Å². The van der Waals surface area contributed by atoms with Crippen molar-refractivity contribution in [2.75, 3.05) is 25.5 Å². The molecule has 0 radical (unpaired) electrons. The first-order chi connectivity index (χ1) is 16.9. The van der Waals surface area contributed by atoms with Gasteiger partial charge in [0.15, 0.2) is 23.0 Å². The fraction of sp³-hybridized carbons (Fsp3) is 0.208. The second-order valence-corrected chi connectivity index (χ2v) is 8.03. The van der Waals surface area contributed by atoms with Gasteiger partial charge in [-0.1, -0.05) is 11.6 Å². The largest absolute Gasteiger partial charge is 0.494 e. The van der Waals surface area contributed by atoms with Gasteiger partial charge in [0.25, 0.3) is 5.91 Å². The van der Waals surface area contributed by atoms with Crippen LogP contribution in [0.3, 0.4) is 0 Å².